The number of rotatable bonds is 6. The van der Waals surface area contributed by atoms with Gasteiger partial charge in [-0.25, -0.2) is 14.8 Å². The van der Waals surface area contributed by atoms with Crippen LogP contribution < -0.4 is 16.0 Å². The van der Waals surface area contributed by atoms with Crippen molar-refractivity contribution >= 4 is 40.2 Å². The minimum Gasteiger partial charge on any atom is -0.380 e. The first kappa shape index (κ1) is 21.8. The molecule has 2 aromatic carbocycles. The number of fused-ring (bicyclic) bond motifs is 1. The van der Waals surface area contributed by atoms with Crippen molar-refractivity contribution in [3.8, 4) is 0 Å². The zero-order chi connectivity index (χ0) is 23.4. The average Bonchev–Trinajstić information content (AvgIpc) is 3.18. The first-order valence-electron chi connectivity index (χ1n) is 10.4. The third-order valence-electron chi connectivity index (χ3n) is 5.10. The molecule has 2 heterocycles. The standard InChI is InChI=1S/C24H25N7O2/c1-30(2)24(33)29-22-12-16(10-11-25-22)14-26-19-7-5-4-6-18(19)23(32)28-17-8-9-20-21(13-17)31(3)15-27-20/h4-13,15,26H,14H2,1-3H3,(H,28,32)(H,25,29,33). The number of anilines is 3. The van der Waals surface area contributed by atoms with E-state index in [4.69, 9.17) is 0 Å². The molecular weight excluding hydrogens is 418 g/mol. The molecule has 0 unspecified atom stereocenters. The van der Waals surface area contributed by atoms with Gasteiger partial charge in [-0.1, -0.05) is 12.1 Å². The lowest BCUT2D eigenvalue weighted by atomic mass is 10.1. The summed E-state index contributed by atoms with van der Waals surface area (Å²) in [5, 5.41) is 9.00. The Bertz CT molecular complexity index is 1310. The monoisotopic (exact) mass is 443 g/mol. The van der Waals surface area contributed by atoms with Crippen molar-refractivity contribution in [2.45, 2.75) is 6.54 Å². The molecule has 9 heteroatoms. The van der Waals surface area contributed by atoms with Crippen LogP contribution in [-0.4, -0.2) is 45.5 Å². The molecule has 0 saturated heterocycles. The van der Waals surface area contributed by atoms with Gasteiger partial charge in [0.2, 0.25) is 0 Å². The number of hydrogen-bond acceptors (Lipinski definition) is 5. The van der Waals surface area contributed by atoms with E-state index in [0.29, 0.717) is 29.3 Å². The van der Waals surface area contributed by atoms with Gasteiger partial charge in [0.05, 0.1) is 22.9 Å². The maximum Gasteiger partial charge on any atom is 0.322 e. The number of para-hydroxylation sites is 1. The largest absolute Gasteiger partial charge is 0.380 e. The van der Waals surface area contributed by atoms with E-state index < -0.39 is 0 Å². The molecule has 0 fully saturated rings. The summed E-state index contributed by atoms with van der Waals surface area (Å²) in [6.45, 7) is 0.457. The maximum absolute atomic E-state index is 13.0. The van der Waals surface area contributed by atoms with Crippen LogP contribution in [0.15, 0.2) is 67.1 Å². The number of nitrogens with zero attached hydrogens (tertiary/aromatic N) is 4. The van der Waals surface area contributed by atoms with E-state index >= 15 is 0 Å². The first-order chi connectivity index (χ1) is 15.9. The Balaban J connectivity index is 1.46. The predicted octanol–water partition coefficient (Wildman–Crippen LogP) is 3.93. The Hall–Kier alpha value is -4.40. The second-order valence-corrected chi connectivity index (χ2v) is 7.79. The number of pyridine rings is 1. The zero-order valence-corrected chi connectivity index (χ0v) is 18.7. The van der Waals surface area contributed by atoms with Crippen LogP contribution in [0.3, 0.4) is 0 Å². The third-order valence-corrected chi connectivity index (χ3v) is 5.10. The van der Waals surface area contributed by atoms with Crippen molar-refractivity contribution in [1.29, 1.82) is 0 Å². The highest BCUT2D eigenvalue weighted by atomic mass is 16.2. The van der Waals surface area contributed by atoms with Crippen molar-refractivity contribution in [3.05, 3.63) is 78.2 Å². The van der Waals surface area contributed by atoms with Crippen molar-refractivity contribution in [2.24, 2.45) is 7.05 Å². The van der Waals surface area contributed by atoms with Gasteiger partial charge in [0.15, 0.2) is 0 Å². The Morgan fingerprint density at radius 2 is 1.82 bits per heavy atom. The molecule has 0 saturated carbocycles. The lowest BCUT2D eigenvalue weighted by molar-refractivity contribution is 0.102. The lowest BCUT2D eigenvalue weighted by Crippen LogP contribution is -2.27. The predicted molar refractivity (Wildman–Crippen MR) is 129 cm³/mol. The van der Waals surface area contributed by atoms with Crippen LogP contribution in [0, 0.1) is 0 Å². The molecule has 9 nitrogen and oxygen atoms in total. The van der Waals surface area contributed by atoms with E-state index in [1.807, 2.05) is 54.1 Å². The number of hydrogen-bond donors (Lipinski definition) is 3. The van der Waals surface area contributed by atoms with Gasteiger partial charge in [0, 0.05) is 45.3 Å². The SMILES string of the molecule is CN(C)C(=O)Nc1cc(CNc2ccccc2C(=O)Nc2ccc3ncn(C)c3c2)ccn1. The van der Waals surface area contributed by atoms with Crippen LogP contribution in [0.25, 0.3) is 11.0 Å². The van der Waals surface area contributed by atoms with Crippen molar-refractivity contribution in [2.75, 3.05) is 30.0 Å². The number of carbonyl (C=O) groups is 2. The van der Waals surface area contributed by atoms with Gasteiger partial charge in [-0.2, -0.15) is 0 Å². The van der Waals surface area contributed by atoms with Crippen molar-refractivity contribution < 1.29 is 9.59 Å². The third kappa shape index (κ3) is 5.09. The highest BCUT2D eigenvalue weighted by molar-refractivity contribution is 6.08. The molecule has 3 amide bonds. The Labute approximate surface area is 191 Å². The molecule has 0 atom stereocenters. The van der Waals surface area contributed by atoms with Crippen molar-refractivity contribution in [1.82, 2.24) is 19.4 Å². The summed E-state index contributed by atoms with van der Waals surface area (Å²) in [7, 11) is 5.24. The zero-order valence-electron chi connectivity index (χ0n) is 18.7. The Morgan fingerprint density at radius 3 is 2.64 bits per heavy atom. The molecule has 0 bridgehead atoms. The summed E-state index contributed by atoms with van der Waals surface area (Å²) in [5.74, 6) is 0.248. The fourth-order valence-electron chi connectivity index (χ4n) is 3.31. The molecule has 0 spiro atoms. The van der Waals surface area contributed by atoms with Crippen LogP contribution >= 0.6 is 0 Å². The average molecular weight is 444 g/mol. The molecule has 0 radical (unpaired) electrons. The fourth-order valence-corrected chi connectivity index (χ4v) is 3.31. The number of aromatic nitrogens is 3. The molecule has 0 aliphatic carbocycles. The Kier molecular flexibility index (Phi) is 6.21. The Morgan fingerprint density at radius 1 is 1.00 bits per heavy atom. The van der Waals surface area contributed by atoms with Crippen LogP contribution in [-0.2, 0) is 13.6 Å². The molecule has 4 aromatic rings. The second kappa shape index (κ2) is 9.39. The smallest absolute Gasteiger partial charge is 0.322 e. The minimum absolute atomic E-state index is 0.215. The normalized spacial score (nSPS) is 10.6. The van der Waals surface area contributed by atoms with Gasteiger partial charge in [0.25, 0.3) is 5.91 Å². The fraction of sp³-hybridized carbons (Fsp3) is 0.167. The van der Waals surface area contributed by atoms with Crippen molar-refractivity contribution in [3.63, 3.8) is 0 Å². The van der Waals surface area contributed by atoms with Gasteiger partial charge in [-0.3, -0.25) is 10.1 Å². The second-order valence-electron chi connectivity index (χ2n) is 7.79. The summed E-state index contributed by atoms with van der Waals surface area (Å²) in [6.07, 6.45) is 3.38. The van der Waals surface area contributed by atoms with E-state index in [1.165, 1.54) is 4.90 Å². The number of imidazole rings is 1. The van der Waals surface area contributed by atoms with Crippen LogP contribution in [0.4, 0.5) is 22.0 Å². The van der Waals surface area contributed by atoms with Crippen LogP contribution in [0.2, 0.25) is 0 Å². The maximum atomic E-state index is 13.0. The first-order valence-corrected chi connectivity index (χ1v) is 10.4. The summed E-state index contributed by atoms with van der Waals surface area (Å²) in [4.78, 5) is 34.8. The number of benzene rings is 2. The molecular formula is C24H25N7O2. The summed E-state index contributed by atoms with van der Waals surface area (Å²) < 4.78 is 1.91. The molecule has 2 aromatic heterocycles. The van der Waals surface area contributed by atoms with Gasteiger partial charge < -0.3 is 20.1 Å². The number of amides is 3. The molecule has 168 valence electrons. The minimum atomic E-state index is -0.251. The molecule has 33 heavy (non-hydrogen) atoms. The molecule has 4 rings (SSSR count). The summed E-state index contributed by atoms with van der Waals surface area (Å²) in [5.41, 5.74) is 4.65. The number of aryl methyl sites for hydroxylation is 1. The summed E-state index contributed by atoms with van der Waals surface area (Å²) >= 11 is 0. The lowest BCUT2D eigenvalue weighted by Gasteiger charge is -2.14. The van der Waals surface area contributed by atoms with E-state index in [9.17, 15) is 9.59 Å². The van der Waals surface area contributed by atoms with E-state index in [1.54, 1.807) is 38.8 Å². The van der Waals surface area contributed by atoms with Gasteiger partial charge in [-0.05, 0) is 48.0 Å². The number of urea groups is 1. The quantitative estimate of drug-likeness (QED) is 0.419. The molecule has 3 N–H and O–H groups in total. The van der Waals surface area contributed by atoms with Gasteiger partial charge in [0.1, 0.15) is 5.82 Å². The van der Waals surface area contributed by atoms with Gasteiger partial charge in [-0.15, -0.1) is 0 Å². The summed E-state index contributed by atoms with van der Waals surface area (Å²) in [6, 6.07) is 16.3. The van der Waals surface area contributed by atoms with Crippen LogP contribution in [0.5, 0.6) is 0 Å². The highest BCUT2D eigenvalue weighted by Gasteiger charge is 2.12. The topological polar surface area (TPSA) is 104 Å². The molecule has 0 aliphatic rings. The highest BCUT2D eigenvalue weighted by Crippen LogP contribution is 2.21. The van der Waals surface area contributed by atoms with E-state index in [-0.39, 0.29) is 11.9 Å². The van der Waals surface area contributed by atoms with E-state index in [0.717, 1.165) is 16.6 Å². The van der Waals surface area contributed by atoms with E-state index in [2.05, 4.69) is 25.9 Å². The van der Waals surface area contributed by atoms with Gasteiger partial charge >= 0.3 is 6.03 Å². The number of carbonyl (C=O) groups excluding carboxylic acids is 2. The van der Waals surface area contributed by atoms with Crippen LogP contribution in [0.1, 0.15) is 15.9 Å². The molecule has 0 aliphatic heterocycles. The number of nitrogens with one attached hydrogen (secondary N) is 3.